The van der Waals surface area contributed by atoms with E-state index < -0.39 is 28.7 Å². The number of amides is 2. The molecule has 0 saturated carbocycles. The van der Waals surface area contributed by atoms with Gasteiger partial charge in [-0.2, -0.15) is 13.2 Å². The third kappa shape index (κ3) is 5.03. The second-order valence-corrected chi connectivity index (χ2v) is 10.6. The fourth-order valence-electron chi connectivity index (χ4n) is 5.23. The Hall–Kier alpha value is -4.28. The van der Waals surface area contributed by atoms with E-state index in [-0.39, 0.29) is 31.5 Å². The first-order valence-corrected chi connectivity index (χ1v) is 13.0. The molecule has 2 aliphatic rings. The smallest absolute Gasteiger partial charge is 0.338 e. The zero-order valence-electron chi connectivity index (χ0n) is 22.1. The third-order valence-electron chi connectivity index (χ3n) is 7.36. The number of nitrogens with zero attached hydrogens (tertiary/aromatic N) is 4. The Kier molecular flexibility index (Phi) is 7.07. The van der Waals surface area contributed by atoms with Crippen LogP contribution in [0.5, 0.6) is 0 Å². The van der Waals surface area contributed by atoms with Crippen LogP contribution in [0.15, 0.2) is 60.9 Å². The number of fused-ring (bicyclic) bond motifs is 1. The Morgan fingerprint density at radius 2 is 1.73 bits per heavy atom. The average molecular weight is 551 g/mol. The molecular formula is C29H29F3N6O2. The summed E-state index contributed by atoms with van der Waals surface area (Å²) in [5, 5.41) is 11.7. The van der Waals surface area contributed by atoms with E-state index in [1.165, 1.54) is 34.3 Å². The minimum atomic E-state index is -4.76. The molecule has 0 unspecified atom stereocenters. The standard InChI is InChI=1S/C29H29F3N6O2/c1-18(2)10-11-28(20-6-4-3-5-7-20)26(40)38(27(33)36-28)15-19-8-9-22(29(30,31)32)21(14-19)25(39)37-16-23-24(17-37)35-13-12-34-23/h3-9,12-14,18H,10-11,15-17H2,1-2H3,(H2,33,36)/t28-/m1/s1. The van der Waals surface area contributed by atoms with Gasteiger partial charge in [-0.05, 0) is 42.0 Å². The number of hydrogen-bond donors (Lipinski definition) is 2. The highest BCUT2D eigenvalue weighted by atomic mass is 19.4. The molecule has 40 heavy (non-hydrogen) atoms. The predicted octanol–water partition coefficient (Wildman–Crippen LogP) is 4.85. The summed E-state index contributed by atoms with van der Waals surface area (Å²) in [5.74, 6) is -0.990. The maximum Gasteiger partial charge on any atom is 0.417 e. The molecule has 1 aromatic heterocycles. The van der Waals surface area contributed by atoms with Crippen molar-refractivity contribution in [1.82, 2.24) is 25.1 Å². The van der Waals surface area contributed by atoms with Crippen molar-refractivity contribution in [3.63, 3.8) is 0 Å². The van der Waals surface area contributed by atoms with Crippen molar-refractivity contribution in [1.29, 1.82) is 5.41 Å². The number of nitrogens with one attached hydrogen (secondary N) is 2. The summed E-state index contributed by atoms with van der Waals surface area (Å²) in [6.07, 6.45) is -0.650. The quantitative estimate of drug-likeness (QED) is 0.438. The highest BCUT2D eigenvalue weighted by Crippen LogP contribution is 2.37. The number of hydrogen-bond acceptors (Lipinski definition) is 5. The van der Waals surface area contributed by atoms with Gasteiger partial charge in [-0.25, -0.2) is 0 Å². The van der Waals surface area contributed by atoms with Crippen LogP contribution in [0, 0.1) is 11.3 Å². The molecule has 2 aliphatic heterocycles. The van der Waals surface area contributed by atoms with Gasteiger partial charge in [-0.3, -0.25) is 29.9 Å². The van der Waals surface area contributed by atoms with E-state index in [1.807, 2.05) is 44.2 Å². The highest BCUT2D eigenvalue weighted by molar-refractivity contribution is 6.08. The van der Waals surface area contributed by atoms with Gasteiger partial charge in [0.25, 0.3) is 11.8 Å². The van der Waals surface area contributed by atoms with Gasteiger partial charge in [-0.1, -0.05) is 50.2 Å². The third-order valence-corrected chi connectivity index (χ3v) is 7.36. The van der Waals surface area contributed by atoms with Gasteiger partial charge in [0.2, 0.25) is 0 Å². The van der Waals surface area contributed by atoms with Gasteiger partial charge in [0.15, 0.2) is 5.96 Å². The molecule has 0 bridgehead atoms. The lowest BCUT2D eigenvalue weighted by Gasteiger charge is -2.28. The summed E-state index contributed by atoms with van der Waals surface area (Å²) in [5.41, 5.74) is -0.631. The van der Waals surface area contributed by atoms with Crippen molar-refractivity contribution in [2.45, 2.75) is 58.0 Å². The van der Waals surface area contributed by atoms with E-state index in [2.05, 4.69) is 15.3 Å². The first-order valence-electron chi connectivity index (χ1n) is 13.0. The van der Waals surface area contributed by atoms with Crippen LogP contribution in [0.1, 0.15) is 65.1 Å². The molecule has 2 aromatic carbocycles. The molecule has 3 heterocycles. The molecule has 0 aliphatic carbocycles. The number of benzene rings is 2. The van der Waals surface area contributed by atoms with E-state index in [9.17, 15) is 22.8 Å². The molecule has 5 rings (SSSR count). The van der Waals surface area contributed by atoms with Gasteiger partial charge in [-0.15, -0.1) is 0 Å². The summed E-state index contributed by atoms with van der Waals surface area (Å²) < 4.78 is 41.9. The number of rotatable bonds is 7. The number of halogens is 3. The SMILES string of the molecule is CC(C)CC[C@]1(c2ccccc2)NC(=N)N(Cc2ccc(C(F)(F)F)c(C(=O)N3Cc4nccnc4C3)c2)C1=O. The van der Waals surface area contributed by atoms with E-state index in [4.69, 9.17) is 5.41 Å². The van der Waals surface area contributed by atoms with E-state index in [0.29, 0.717) is 34.9 Å². The number of carbonyl (C=O) groups is 2. The van der Waals surface area contributed by atoms with Gasteiger partial charge < -0.3 is 10.2 Å². The fourth-order valence-corrected chi connectivity index (χ4v) is 5.23. The molecule has 1 atom stereocenters. The van der Waals surface area contributed by atoms with Crippen molar-refractivity contribution < 1.29 is 22.8 Å². The lowest BCUT2D eigenvalue weighted by molar-refractivity contribution is -0.138. The molecule has 0 radical (unpaired) electrons. The molecule has 208 valence electrons. The first-order chi connectivity index (χ1) is 19.0. The summed E-state index contributed by atoms with van der Waals surface area (Å²) in [6, 6.07) is 12.4. The second-order valence-electron chi connectivity index (χ2n) is 10.6. The van der Waals surface area contributed by atoms with Crippen LogP contribution in [0.25, 0.3) is 0 Å². The van der Waals surface area contributed by atoms with Gasteiger partial charge >= 0.3 is 6.18 Å². The molecule has 2 amide bonds. The van der Waals surface area contributed by atoms with E-state index in [1.54, 1.807) is 0 Å². The van der Waals surface area contributed by atoms with E-state index >= 15 is 0 Å². The molecule has 8 nitrogen and oxygen atoms in total. The van der Waals surface area contributed by atoms with E-state index in [0.717, 1.165) is 12.5 Å². The monoisotopic (exact) mass is 550 g/mol. The maximum absolute atomic E-state index is 14.0. The van der Waals surface area contributed by atoms with Crippen LogP contribution < -0.4 is 5.32 Å². The number of carbonyl (C=O) groups excluding carboxylic acids is 2. The van der Waals surface area contributed by atoms with Crippen molar-refractivity contribution in [3.05, 3.63) is 94.6 Å². The Morgan fingerprint density at radius 3 is 2.33 bits per heavy atom. The molecular weight excluding hydrogens is 521 g/mol. The van der Waals surface area contributed by atoms with Crippen LogP contribution in [-0.4, -0.2) is 37.5 Å². The van der Waals surface area contributed by atoms with Gasteiger partial charge in [0.1, 0.15) is 5.54 Å². The van der Waals surface area contributed by atoms with Crippen molar-refractivity contribution in [2.24, 2.45) is 5.92 Å². The summed E-state index contributed by atoms with van der Waals surface area (Å²) >= 11 is 0. The van der Waals surface area contributed by atoms with Crippen LogP contribution in [0.2, 0.25) is 0 Å². The normalized spacial score (nSPS) is 18.9. The zero-order valence-corrected chi connectivity index (χ0v) is 22.1. The average Bonchev–Trinajstić information content (AvgIpc) is 3.46. The van der Waals surface area contributed by atoms with Crippen LogP contribution in [-0.2, 0) is 36.1 Å². The molecule has 1 fully saturated rings. The molecule has 1 saturated heterocycles. The predicted molar refractivity (Wildman–Crippen MR) is 141 cm³/mol. The van der Waals surface area contributed by atoms with Gasteiger partial charge in [0.05, 0.1) is 42.1 Å². The van der Waals surface area contributed by atoms with Crippen LogP contribution >= 0.6 is 0 Å². The first kappa shape index (κ1) is 27.3. The summed E-state index contributed by atoms with van der Waals surface area (Å²) in [4.78, 5) is 38.1. The van der Waals surface area contributed by atoms with Crippen molar-refractivity contribution in [3.8, 4) is 0 Å². The molecule has 11 heteroatoms. The number of alkyl halides is 3. The minimum Gasteiger partial charge on any atom is -0.338 e. The number of guanidine groups is 1. The molecule has 2 N–H and O–H groups in total. The second kappa shape index (κ2) is 10.4. The zero-order chi connectivity index (χ0) is 28.7. The highest BCUT2D eigenvalue weighted by Gasteiger charge is 2.50. The maximum atomic E-state index is 14.0. The lowest BCUT2D eigenvalue weighted by Crippen LogP contribution is -2.44. The largest absolute Gasteiger partial charge is 0.417 e. The lowest BCUT2D eigenvalue weighted by atomic mass is 9.83. The van der Waals surface area contributed by atoms with Gasteiger partial charge in [0, 0.05) is 12.4 Å². The Bertz CT molecular complexity index is 1430. The Morgan fingerprint density at radius 1 is 1.07 bits per heavy atom. The Balaban J connectivity index is 1.45. The molecule has 0 spiro atoms. The minimum absolute atomic E-state index is 0.0537. The summed E-state index contributed by atoms with van der Waals surface area (Å²) in [6.45, 7) is 4.04. The van der Waals surface area contributed by atoms with Crippen LogP contribution in [0.3, 0.4) is 0 Å². The fraction of sp³-hybridized carbons (Fsp3) is 0.345. The Labute approximate surface area is 229 Å². The number of aromatic nitrogens is 2. The van der Waals surface area contributed by atoms with Crippen molar-refractivity contribution in [2.75, 3.05) is 0 Å². The summed E-state index contributed by atoms with van der Waals surface area (Å²) in [7, 11) is 0. The van der Waals surface area contributed by atoms with Crippen LogP contribution in [0.4, 0.5) is 13.2 Å². The topological polar surface area (TPSA) is 102 Å². The molecule has 3 aromatic rings. The van der Waals surface area contributed by atoms with Crippen molar-refractivity contribution >= 4 is 17.8 Å².